The van der Waals surface area contributed by atoms with Gasteiger partial charge in [0.05, 0.1) is 12.6 Å². The highest BCUT2D eigenvalue weighted by atomic mass is 16.4. The Labute approximate surface area is 197 Å². The molecule has 0 aliphatic rings. The monoisotopic (exact) mass is 488 g/mol. The van der Waals surface area contributed by atoms with E-state index in [1.807, 2.05) is 0 Å². The second-order valence-corrected chi connectivity index (χ2v) is 7.51. The molecule has 0 heterocycles. The van der Waals surface area contributed by atoms with Crippen molar-refractivity contribution >= 4 is 35.6 Å². The lowest BCUT2D eigenvalue weighted by Gasteiger charge is -2.21. The van der Waals surface area contributed by atoms with Gasteiger partial charge in [0.15, 0.2) is 5.96 Å². The Morgan fingerprint density at radius 3 is 2.06 bits per heavy atom. The molecule has 0 aliphatic heterocycles. The van der Waals surface area contributed by atoms with Crippen molar-refractivity contribution in [2.75, 3.05) is 19.6 Å². The van der Waals surface area contributed by atoms with Gasteiger partial charge in [0, 0.05) is 13.0 Å². The molecule has 0 rings (SSSR count). The summed E-state index contributed by atoms with van der Waals surface area (Å²) in [7, 11) is 0. The van der Waals surface area contributed by atoms with E-state index in [4.69, 9.17) is 28.0 Å². The number of carboxylic acids is 2. The van der Waals surface area contributed by atoms with Crippen LogP contribution in [0.25, 0.3) is 0 Å². The SMILES string of the molecule is NCCCCC(NC(=O)C(N)CCC(=O)O)C(=O)NCC(=O)NC(CCCN=C(N)N)C(=O)O. The van der Waals surface area contributed by atoms with Crippen LogP contribution in [0.15, 0.2) is 4.99 Å². The number of carboxylic acid groups (broad SMARTS) is 2. The Morgan fingerprint density at radius 1 is 0.853 bits per heavy atom. The molecule has 0 aliphatic carbocycles. The number of amides is 3. The molecule has 34 heavy (non-hydrogen) atoms. The number of hydrogen-bond donors (Lipinski definition) is 9. The van der Waals surface area contributed by atoms with Gasteiger partial charge in [-0.1, -0.05) is 0 Å². The predicted molar refractivity (Wildman–Crippen MR) is 122 cm³/mol. The number of rotatable bonds is 18. The molecule has 0 aromatic heterocycles. The van der Waals surface area contributed by atoms with Crippen LogP contribution in [-0.4, -0.2) is 83.6 Å². The molecule has 0 bridgehead atoms. The molecule has 0 aromatic carbocycles. The number of nitrogens with two attached hydrogens (primary N) is 4. The first-order chi connectivity index (χ1) is 16.0. The third kappa shape index (κ3) is 14.6. The van der Waals surface area contributed by atoms with E-state index in [0.29, 0.717) is 25.8 Å². The number of unbranched alkanes of at least 4 members (excludes halogenated alkanes) is 1. The first-order valence-corrected chi connectivity index (χ1v) is 10.8. The van der Waals surface area contributed by atoms with Crippen LogP contribution in [0.2, 0.25) is 0 Å². The average molecular weight is 489 g/mol. The van der Waals surface area contributed by atoms with Crippen LogP contribution < -0.4 is 38.9 Å². The average Bonchev–Trinajstić information content (AvgIpc) is 2.76. The standard InChI is InChI=1S/C19H36N8O7/c20-8-2-1-4-12(27-16(31)11(21)6-7-15(29)30)17(32)25-10-14(28)26-13(18(33)34)5-3-9-24-19(22)23/h11-13H,1-10,20-21H2,(H,25,32)(H,26,28)(H,27,31)(H,29,30)(H,33,34)(H4,22,23,24). The number of nitrogens with zero attached hydrogens (tertiary/aromatic N) is 1. The second-order valence-electron chi connectivity index (χ2n) is 7.51. The van der Waals surface area contributed by atoms with Gasteiger partial charge in [0.25, 0.3) is 0 Å². The van der Waals surface area contributed by atoms with E-state index in [1.54, 1.807) is 0 Å². The maximum Gasteiger partial charge on any atom is 0.326 e. The predicted octanol–water partition coefficient (Wildman–Crippen LogP) is -3.47. The van der Waals surface area contributed by atoms with E-state index in [1.165, 1.54) is 0 Å². The minimum absolute atomic E-state index is 0.0673. The Hall–Kier alpha value is -3.46. The summed E-state index contributed by atoms with van der Waals surface area (Å²) in [4.78, 5) is 62.6. The zero-order valence-electron chi connectivity index (χ0n) is 19.0. The summed E-state index contributed by atoms with van der Waals surface area (Å²) < 4.78 is 0. The summed E-state index contributed by atoms with van der Waals surface area (Å²) in [5.41, 5.74) is 21.5. The molecule has 13 N–H and O–H groups in total. The van der Waals surface area contributed by atoms with Gasteiger partial charge >= 0.3 is 11.9 Å². The fraction of sp³-hybridized carbons (Fsp3) is 0.684. The summed E-state index contributed by atoms with van der Waals surface area (Å²) in [6, 6.07) is -3.36. The number of aliphatic imine (C=N–C) groups is 1. The van der Waals surface area contributed by atoms with Crippen molar-refractivity contribution in [3.63, 3.8) is 0 Å². The van der Waals surface area contributed by atoms with Crippen LogP contribution in [0.1, 0.15) is 44.9 Å². The molecule has 15 heteroatoms. The summed E-state index contributed by atoms with van der Waals surface area (Å²) in [5, 5.41) is 25.1. The first kappa shape index (κ1) is 30.5. The number of aliphatic carboxylic acids is 2. The maximum absolute atomic E-state index is 12.5. The Kier molecular flexibility index (Phi) is 15.3. The van der Waals surface area contributed by atoms with E-state index in [-0.39, 0.29) is 38.2 Å². The molecular weight excluding hydrogens is 452 g/mol. The largest absolute Gasteiger partial charge is 0.481 e. The zero-order valence-corrected chi connectivity index (χ0v) is 19.0. The van der Waals surface area contributed by atoms with Gasteiger partial charge in [0.1, 0.15) is 12.1 Å². The van der Waals surface area contributed by atoms with Gasteiger partial charge in [-0.05, 0) is 45.1 Å². The molecule has 15 nitrogen and oxygen atoms in total. The Bertz CT molecular complexity index is 727. The minimum Gasteiger partial charge on any atom is -0.481 e. The number of carbonyl (C=O) groups is 5. The van der Waals surface area contributed by atoms with Gasteiger partial charge in [-0.15, -0.1) is 0 Å². The molecule has 0 radical (unpaired) electrons. The van der Waals surface area contributed by atoms with Gasteiger partial charge < -0.3 is 49.1 Å². The second kappa shape index (κ2) is 17.1. The van der Waals surface area contributed by atoms with E-state index >= 15 is 0 Å². The summed E-state index contributed by atoms with van der Waals surface area (Å²) in [6.07, 6.45) is 1.25. The minimum atomic E-state index is -1.26. The Balaban J connectivity index is 4.83. The van der Waals surface area contributed by atoms with E-state index in [2.05, 4.69) is 20.9 Å². The molecule has 0 fully saturated rings. The van der Waals surface area contributed by atoms with E-state index in [0.717, 1.165) is 0 Å². The molecule has 3 atom stereocenters. The lowest BCUT2D eigenvalue weighted by Crippen LogP contribution is -2.53. The van der Waals surface area contributed by atoms with Crippen molar-refractivity contribution in [2.24, 2.45) is 27.9 Å². The molecule has 3 unspecified atom stereocenters. The lowest BCUT2D eigenvalue weighted by atomic mass is 10.1. The fourth-order valence-electron chi connectivity index (χ4n) is 2.75. The van der Waals surface area contributed by atoms with Crippen molar-refractivity contribution in [3.05, 3.63) is 0 Å². The van der Waals surface area contributed by atoms with Crippen LogP contribution in [0.3, 0.4) is 0 Å². The maximum atomic E-state index is 12.5. The van der Waals surface area contributed by atoms with Crippen molar-refractivity contribution in [2.45, 2.75) is 63.1 Å². The van der Waals surface area contributed by atoms with E-state index < -0.39 is 54.3 Å². The molecule has 0 spiro atoms. The smallest absolute Gasteiger partial charge is 0.326 e. The van der Waals surface area contributed by atoms with Crippen molar-refractivity contribution < 1.29 is 34.2 Å². The van der Waals surface area contributed by atoms with Crippen LogP contribution in [-0.2, 0) is 24.0 Å². The highest BCUT2D eigenvalue weighted by molar-refractivity contribution is 5.92. The van der Waals surface area contributed by atoms with Crippen molar-refractivity contribution in [1.82, 2.24) is 16.0 Å². The third-order valence-corrected chi connectivity index (χ3v) is 4.59. The topological polar surface area (TPSA) is 278 Å². The molecule has 0 saturated heterocycles. The number of guanidine groups is 1. The van der Waals surface area contributed by atoms with Gasteiger partial charge in [0.2, 0.25) is 17.7 Å². The fourth-order valence-corrected chi connectivity index (χ4v) is 2.75. The number of nitrogens with one attached hydrogen (secondary N) is 3. The number of hydrogen-bond acceptors (Lipinski definition) is 8. The highest BCUT2D eigenvalue weighted by Crippen LogP contribution is 2.03. The molecule has 0 aromatic rings. The zero-order chi connectivity index (χ0) is 26.1. The van der Waals surface area contributed by atoms with E-state index in [9.17, 15) is 29.1 Å². The van der Waals surface area contributed by atoms with Crippen LogP contribution in [0.4, 0.5) is 0 Å². The summed E-state index contributed by atoms with van der Waals surface area (Å²) in [6.45, 7) is 0.0465. The number of carbonyl (C=O) groups excluding carboxylic acids is 3. The van der Waals surface area contributed by atoms with Gasteiger partial charge in [-0.2, -0.15) is 0 Å². The van der Waals surface area contributed by atoms with Gasteiger partial charge in [-0.3, -0.25) is 24.2 Å². The van der Waals surface area contributed by atoms with Crippen molar-refractivity contribution in [1.29, 1.82) is 0 Å². The normalized spacial score (nSPS) is 13.1. The lowest BCUT2D eigenvalue weighted by molar-refractivity contribution is -0.142. The van der Waals surface area contributed by atoms with Crippen molar-refractivity contribution in [3.8, 4) is 0 Å². The quantitative estimate of drug-likeness (QED) is 0.0519. The van der Waals surface area contributed by atoms with Crippen LogP contribution in [0, 0.1) is 0 Å². The summed E-state index contributed by atoms with van der Waals surface area (Å²) >= 11 is 0. The molecule has 3 amide bonds. The summed E-state index contributed by atoms with van der Waals surface area (Å²) in [5.74, 6) is -4.62. The first-order valence-electron chi connectivity index (χ1n) is 10.8. The Morgan fingerprint density at radius 2 is 1.50 bits per heavy atom. The molecule has 194 valence electrons. The molecule has 0 saturated carbocycles. The third-order valence-electron chi connectivity index (χ3n) is 4.59. The molecular formula is C19H36N8O7. The highest BCUT2D eigenvalue weighted by Gasteiger charge is 2.25. The van der Waals surface area contributed by atoms with Crippen LogP contribution >= 0.6 is 0 Å². The van der Waals surface area contributed by atoms with Crippen LogP contribution in [0.5, 0.6) is 0 Å². The van der Waals surface area contributed by atoms with Gasteiger partial charge in [-0.25, -0.2) is 4.79 Å².